The summed E-state index contributed by atoms with van der Waals surface area (Å²) in [6.45, 7) is 5.28. The van der Waals surface area contributed by atoms with Gasteiger partial charge in [-0.05, 0) is 32.4 Å². The minimum Gasteiger partial charge on any atom is -0.455 e. The fourth-order valence-corrected chi connectivity index (χ4v) is 4.50. The van der Waals surface area contributed by atoms with Crippen molar-refractivity contribution >= 4 is 41.2 Å². The van der Waals surface area contributed by atoms with Crippen molar-refractivity contribution in [3.05, 3.63) is 29.7 Å². The van der Waals surface area contributed by atoms with Gasteiger partial charge in [-0.25, -0.2) is 14.8 Å². The lowest BCUT2D eigenvalue weighted by molar-refractivity contribution is -0.161. The molecule has 3 rings (SSSR count). The molecule has 1 atom stereocenters. The lowest BCUT2D eigenvalue weighted by Gasteiger charge is -2.43. The highest BCUT2D eigenvalue weighted by Gasteiger charge is 2.53. The Kier molecular flexibility index (Phi) is 4.88. The number of rotatable bonds is 4. The monoisotopic (exact) mass is 379 g/mol. The van der Waals surface area contributed by atoms with Crippen LogP contribution in [0, 0.1) is 0 Å². The highest BCUT2D eigenvalue weighted by molar-refractivity contribution is 8.01. The molecule has 1 saturated heterocycles. The highest BCUT2D eigenvalue weighted by atomic mass is 32.2. The molecule has 1 aromatic heterocycles. The molecular formula is C16H17N3O4S2. The smallest absolute Gasteiger partial charge is 0.355 e. The number of amides is 1. The molecule has 1 fully saturated rings. The zero-order chi connectivity index (χ0) is 18.2. The molecule has 0 radical (unpaired) electrons. The van der Waals surface area contributed by atoms with Crippen molar-refractivity contribution in [3.63, 3.8) is 0 Å². The average Bonchev–Trinajstić information content (AvgIpc) is 2.57. The first-order valence-electron chi connectivity index (χ1n) is 7.62. The van der Waals surface area contributed by atoms with Crippen molar-refractivity contribution in [2.75, 3.05) is 11.5 Å². The third-order valence-electron chi connectivity index (χ3n) is 3.39. The molecule has 3 heterocycles. The van der Waals surface area contributed by atoms with Crippen LogP contribution in [0.3, 0.4) is 0 Å². The minimum atomic E-state index is -0.692. The maximum Gasteiger partial charge on any atom is 0.355 e. The molecule has 0 unspecified atom stereocenters. The molecule has 1 aromatic rings. The molecule has 2 aliphatic heterocycles. The lowest BCUT2D eigenvalue weighted by Crippen LogP contribution is -2.62. The number of esters is 1. The van der Waals surface area contributed by atoms with Crippen LogP contribution < -0.4 is 0 Å². The molecule has 0 saturated carbocycles. The normalized spacial score (nSPS) is 20.3. The summed E-state index contributed by atoms with van der Waals surface area (Å²) < 4.78 is 5.44. The van der Waals surface area contributed by atoms with Gasteiger partial charge in [-0.3, -0.25) is 14.5 Å². The van der Waals surface area contributed by atoms with Crippen LogP contribution >= 0.6 is 23.5 Å². The van der Waals surface area contributed by atoms with E-state index in [1.165, 1.54) is 28.4 Å². The average molecular weight is 379 g/mol. The molecule has 0 spiro atoms. The number of carbonyl (C=O) groups excluding carboxylic acids is 3. The predicted octanol–water partition coefficient (Wildman–Crippen LogP) is 1.65. The van der Waals surface area contributed by atoms with Crippen molar-refractivity contribution in [2.24, 2.45) is 0 Å². The Morgan fingerprint density at radius 3 is 2.68 bits per heavy atom. The largest absolute Gasteiger partial charge is 0.455 e. The van der Waals surface area contributed by atoms with Crippen LogP contribution in [0.4, 0.5) is 0 Å². The Labute approximate surface area is 153 Å². The van der Waals surface area contributed by atoms with Crippen molar-refractivity contribution in [2.45, 2.75) is 36.9 Å². The summed E-state index contributed by atoms with van der Waals surface area (Å²) in [6.07, 6.45) is 3.28. The third-order valence-corrected chi connectivity index (χ3v) is 5.61. The van der Waals surface area contributed by atoms with Crippen molar-refractivity contribution in [1.82, 2.24) is 14.9 Å². The number of thioether (sulfide) groups is 2. The van der Waals surface area contributed by atoms with Gasteiger partial charge in [0.15, 0.2) is 10.5 Å². The number of hydrogen-bond donors (Lipinski definition) is 0. The van der Waals surface area contributed by atoms with Crippen LogP contribution in [0.1, 0.15) is 20.8 Å². The summed E-state index contributed by atoms with van der Waals surface area (Å²) >= 11 is 2.71. The molecular weight excluding hydrogens is 362 g/mol. The second kappa shape index (κ2) is 6.80. The number of β-lactam (4-membered cyclic amide) rings is 1. The number of hydrogen-bond acceptors (Lipinski definition) is 8. The molecule has 7 nitrogen and oxygen atoms in total. The van der Waals surface area contributed by atoms with Crippen molar-refractivity contribution < 1.29 is 19.1 Å². The number of fused-ring (bicyclic) bond motifs is 1. The topological polar surface area (TPSA) is 89.5 Å². The Balaban J connectivity index is 1.87. The zero-order valence-corrected chi connectivity index (χ0v) is 15.6. The van der Waals surface area contributed by atoms with Gasteiger partial charge in [-0.15, -0.1) is 11.8 Å². The molecule has 0 bridgehead atoms. The Bertz CT molecular complexity index is 758. The van der Waals surface area contributed by atoms with Gasteiger partial charge in [-0.2, -0.15) is 0 Å². The summed E-state index contributed by atoms with van der Waals surface area (Å²) in [5.41, 5.74) is 0.239. The number of ketones is 1. The first-order chi connectivity index (χ1) is 11.8. The molecule has 132 valence electrons. The van der Waals surface area contributed by atoms with Gasteiger partial charge in [0.2, 0.25) is 0 Å². The van der Waals surface area contributed by atoms with Gasteiger partial charge in [0.1, 0.15) is 11.3 Å². The van der Waals surface area contributed by atoms with Crippen LogP contribution in [0.25, 0.3) is 0 Å². The molecule has 0 aliphatic carbocycles. The third kappa shape index (κ3) is 3.72. The van der Waals surface area contributed by atoms with Crippen LogP contribution in [-0.2, 0) is 19.1 Å². The van der Waals surface area contributed by atoms with E-state index in [1.807, 2.05) is 0 Å². The summed E-state index contributed by atoms with van der Waals surface area (Å²) in [6, 6.07) is 1.72. The Hall–Kier alpha value is -1.87. The highest BCUT2D eigenvalue weighted by Crippen LogP contribution is 2.40. The maximum atomic E-state index is 12.6. The van der Waals surface area contributed by atoms with E-state index >= 15 is 0 Å². The number of Topliss-reactive ketones (excluding diaryl/α,β-unsaturated/α-hetero) is 1. The second-order valence-electron chi connectivity index (χ2n) is 6.48. The SMILES string of the molecule is CC(C)(C)OC(=O)C1=C(CSc2ncccn2)CS[C@H]2C(=O)C(=O)N12. The maximum absolute atomic E-state index is 12.6. The molecule has 9 heteroatoms. The second-order valence-corrected chi connectivity index (χ2v) is 8.49. The van der Waals surface area contributed by atoms with E-state index in [9.17, 15) is 14.4 Å². The number of aromatic nitrogens is 2. The van der Waals surface area contributed by atoms with Crippen molar-refractivity contribution in [1.29, 1.82) is 0 Å². The van der Waals surface area contributed by atoms with Gasteiger partial charge >= 0.3 is 5.97 Å². The molecule has 2 aliphatic rings. The van der Waals surface area contributed by atoms with Crippen LogP contribution in [0.2, 0.25) is 0 Å². The first kappa shape index (κ1) is 17.9. The lowest BCUT2D eigenvalue weighted by atomic mass is 10.1. The molecule has 25 heavy (non-hydrogen) atoms. The van der Waals surface area contributed by atoms with E-state index in [0.717, 1.165) is 5.57 Å². The summed E-state index contributed by atoms with van der Waals surface area (Å²) in [5, 5.41) is -0.0339. The molecule has 0 N–H and O–H groups in total. The Morgan fingerprint density at radius 1 is 1.36 bits per heavy atom. The van der Waals surface area contributed by atoms with E-state index in [2.05, 4.69) is 9.97 Å². The fraction of sp³-hybridized carbons (Fsp3) is 0.438. The number of ether oxygens (including phenoxy) is 1. The van der Waals surface area contributed by atoms with Crippen LogP contribution in [0.15, 0.2) is 34.9 Å². The molecule has 1 amide bonds. The van der Waals surface area contributed by atoms with Gasteiger partial charge in [0, 0.05) is 23.9 Å². The van der Waals surface area contributed by atoms with Gasteiger partial charge < -0.3 is 4.74 Å². The zero-order valence-electron chi connectivity index (χ0n) is 14.0. The summed E-state index contributed by atoms with van der Waals surface area (Å²) in [4.78, 5) is 45.9. The minimum absolute atomic E-state index is 0.187. The van der Waals surface area contributed by atoms with Crippen LogP contribution in [0.5, 0.6) is 0 Å². The predicted molar refractivity (Wildman–Crippen MR) is 93.7 cm³/mol. The fourth-order valence-electron chi connectivity index (χ4n) is 2.36. The first-order valence-corrected chi connectivity index (χ1v) is 9.65. The standard InChI is InChI=1S/C16H17N3O4S2/c1-16(2,3)23-14(22)10-9(8-25-15-17-5-4-6-18-15)7-24-13-11(20)12(21)19(10)13/h4-6,13H,7-8H2,1-3H3/t13-/m0/s1. The van der Waals surface area contributed by atoms with Gasteiger partial charge in [-0.1, -0.05) is 11.8 Å². The Morgan fingerprint density at radius 2 is 2.04 bits per heavy atom. The number of nitrogens with zero attached hydrogens (tertiary/aromatic N) is 3. The molecule has 0 aromatic carbocycles. The van der Waals surface area contributed by atoms with E-state index in [-0.39, 0.29) is 5.70 Å². The van der Waals surface area contributed by atoms with E-state index in [0.29, 0.717) is 16.7 Å². The van der Waals surface area contributed by atoms with E-state index in [4.69, 9.17) is 4.74 Å². The van der Waals surface area contributed by atoms with Gasteiger partial charge in [0.25, 0.3) is 11.7 Å². The quantitative estimate of drug-likeness (QED) is 0.256. The summed E-state index contributed by atoms with van der Waals surface area (Å²) in [5.74, 6) is -0.783. The van der Waals surface area contributed by atoms with E-state index < -0.39 is 28.6 Å². The van der Waals surface area contributed by atoms with Crippen molar-refractivity contribution in [3.8, 4) is 0 Å². The van der Waals surface area contributed by atoms with Gasteiger partial charge in [0.05, 0.1) is 0 Å². The van der Waals surface area contributed by atoms with Crippen LogP contribution in [-0.4, -0.2) is 55.0 Å². The van der Waals surface area contributed by atoms with E-state index in [1.54, 1.807) is 39.2 Å². The summed E-state index contributed by atoms with van der Waals surface area (Å²) in [7, 11) is 0. The number of carbonyl (C=O) groups is 3.